The second-order valence-electron chi connectivity index (χ2n) is 10.2. The molecule has 1 heterocycles. The Hall–Kier alpha value is -2.61. The van der Waals surface area contributed by atoms with Crippen LogP contribution in [0, 0.1) is 0 Å². The van der Waals surface area contributed by atoms with Crippen LogP contribution >= 0.6 is 0 Å². The molecule has 0 aliphatic heterocycles. The Bertz CT molecular complexity index is 1030. The molecule has 0 saturated heterocycles. The van der Waals surface area contributed by atoms with Gasteiger partial charge in [-0.1, -0.05) is 13.3 Å². The van der Waals surface area contributed by atoms with Crippen LogP contribution in [-0.2, 0) is 0 Å². The first-order valence-electron chi connectivity index (χ1n) is 13.7. The molecule has 1 aromatic heterocycles. The maximum Gasteiger partial charge on any atom is 0.227 e. The number of oxazole rings is 1. The van der Waals surface area contributed by atoms with E-state index in [1.807, 2.05) is 42.5 Å². The first-order chi connectivity index (χ1) is 17.9. The molecule has 0 bridgehead atoms. The monoisotopic (exact) mass is 510 g/mol. The van der Waals surface area contributed by atoms with Crippen LogP contribution in [0.25, 0.3) is 22.6 Å². The predicted octanol–water partition coefficient (Wildman–Crippen LogP) is 5.65. The van der Waals surface area contributed by atoms with Crippen LogP contribution in [0.1, 0.15) is 39.0 Å². The van der Waals surface area contributed by atoms with E-state index in [1.54, 1.807) is 0 Å². The van der Waals surface area contributed by atoms with E-state index in [0.717, 1.165) is 73.7 Å². The zero-order valence-electron chi connectivity index (χ0n) is 23.5. The molecule has 0 unspecified atom stereocenters. The molecular formula is C30H46N4O3. The van der Waals surface area contributed by atoms with Crippen LogP contribution in [0.15, 0.2) is 46.9 Å². The maximum absolute atomic E-state index is 6.05. The van der Waals surface area contributed by atoms with E-state index in [1.165, 1.54) is 19.3 Å². The number of nitrogens with zero attached hydrogens (tertiary/aromatic N) is 4. The van der Waals surface area contributed by atoms with Crippen LogP contribution in [0.3, 0.4) is 0 Å². The Balaban J connectivity index is 1.43. The van der Waals surface area contributed by atoms with E-state index >= 15 is 0 Å². The average molecular weight is 511 g/mol. The molecule has 0 amide bonds. The standard InChI is InChI=1S/C30H46N4O3/c1-6-7-18-33(4)20-9-22-35-26-13-11-25(12-14-26)30-31-28-16-15-27(24-29(28)37-30)36-23-10-21-34(5)19-8-17-32(2)3/h11-16,24H,6-10,17-23H2,1-5H3. The largest absolute Gasteiger partial charge is 0.494 e. The highest BCUT2D eigenvalue weighted by molar-refractivity contribution is 5.77. The van der Waals surface area contributed by atoms with Crippen molar-refractivity contribution < 1.29 is 13.9 Å². The highest BCUT2D eigenvalue weighted by atomic mass is 16.5. The van der Waals surface area contributed by atoms with Crippen molar-refractivity contribution in [3.63, 3.8) is 0 Å². The molecule has 0 aliphatic carbocycles. The lowest BCUT2D eigenvalue weighted by molar-refractivity contribution is 0.254. The van der Waals surface area contributed by atoms with Gasteiger partial charge in [-0.05, 0) is 110 Å². The molecule has 0 spiro atoms. The van der Waals surface area contributed by atoms with Crippen LogP contribution in [-0.4, -0.2) is 93.8 Å². The Morgan fingerprint density at radius 1 is 0.703 bits per heavy atom. The molecular weight excluding hydrogens is 464 g/mol. The van der Waals surface area contributed by atoms with Crippen molar-refractivity contribution in [3.8, 4) is 23.0 Å². The molecule has 0 radical (unpaired) electrons. The summed E-state index contributed by atoms with van der Waals surface area (Å²) < 4.78 is 17.9. The highest BCUT2D eigenvalue weighted by Crippen LogP contribution is 2.28. The third kappa shape index (κ3) is 10.3. The van der Waals surface area contributed by atoms with Gasteiger partial charge in [0, 0.05) is 24.7 Å². The number of fused-ring (bicyclic) bond motifs is 1. The lowest BCUT2D eigenvalue weighted by Gasteiger charge is -2.18. The van der Waals surface area contributed by atoms with E-state index in [4.69, 9.17) is 13.9 Å². The van der Waals surface area contributed by atoms with Crippen molar-refractivity contribution >= 4 is 11.1 Å². The van der Waals surface area contributed by atoms with Gasteiger partial charge in [0.15, 0.2) is 5.58 Å². The summed E-state index contributed by atoms with van der Waals surface area (Å²) in [6.07, 6.45) is 5.67. The van der Waals surface area contributed by atoms with E-state index in [-0.39, 0.29) is 0 Å². The SMILES string of the molecule is CCCCN(C)CCCOc1ccc(-c2nc3ccc(OCCCN(C)CCCN(C)C)cc3o2)cc1. The van der Waals surface area contributed by atoms with Gasteiger partial charge >= 0.3 is 0 Å². The van der Waals surface area contributed by atoms with Gasteiger partial charge in [-0.15, -0.1) is 0 Å². The van der Waals surface area contributed by atoms with Gasteiger partial charge in [-0.2, -0.15) is 0 Å². The van der Waals surface area contributed by atoms with E-state index in [0.29, 0.717) is 19.1 Å². The normalized spacial score (nSPS) is 11.8. The van der Waals surface area contributed by atoms with Crippen molar-refractivity contribution in [2.45, 2.75) is 39.0 Å². The van der Waals surface area contributed by atoms with Crippen LogP contribution in [0.2, 0.25) is 0 Å². The summed E-state index contributed by atoms with van der Waals surface area (Å²) in [5, 5.41) is 0. The van der Waals surface area contributed by atoms with Gasteiger partial charge < -0.3 is 28.6 Å². The lowest BCUT2D eigenvalue weighted by Crippen LogP contribution is -2.25. The average Bonchev–Trinajstić information content (AvgIpc) is 3.31. The number of ether oxygens (including phenoxy) is 2. The van der Waals surface area contributed by atoms with Gasteiger partial charge in [0.2, 0.25) is 5.89 Å². The van der Waals surface area contributed by atoms with E-state index in [9.17, 15) is 0 Å². The number of unbranched alkanes of at least 4 members (excludes halogenated alkanes) is 1. The molecule has 204 valence electrons. The van der Waals surface area contributed by atoms with Gasteiger partial charge in [0.25, 0.3) is 0 Å². The first-order valence-corrected chi connectivity index (χ1v) is 13.7. The molecule has 0 atom stereocenters. The fourth-order valence-corrected chi connectivity index (χ4v) is 4.17. The quantitative estimate of drug-likeness (QED) is 0.205. The summed E-state index contributed by atoms with van der Waals surface area (Å²) in [6, 6.07) is 13.8. The molecule has 2 aromatic carbocycles. The molecule has 3 rings (SSSR count). The molecule has 0 fully saturated rings. The summed E-state index contributed by atoms with van der Waals surface area (Å²) in [5.74, 6) is 2.29. The molecule has 7 heteroatoms. The van der Waals surface area contributed by atoms with Crippen LogP contribution in [0.4, 0.5) is 0 Å². The van der Waals surface area contributed by atoms with Gasteiger partial charge in [0.1, 0.15) is 17.0 Å². The van der Waals surface area contributed by atoms with Gasteiger partial charge in [-0.3, -0.25) is 0 Å². The first kappa shape index (κ1) is 29.0. The number of rotatable bonds is 18. The summed E-state index contributed by atoms with van der Waals surface area (Å²) in [4.78, 5) is 11.6. The third-order valence-electron chi connectivity index (χ3n) is 6.41. The summed E-state index contributed by atoms with van der Waals surface area (Å²) in [7, 11) is 8.58. The smallest absolute Gasteiger partial charge is 0.227 e. The summed E-state index contributed by atoms with van der Waals surface area (Å²) in [5.41, 5.74) is 2.50. The van der Waals surface area contributed by atoms with Crippen molar-refractivity contribution in [1.29, 1.82) is 0 Å². The highest BCUT2D eigenvalue weighted by Gasteiger charge is 2.10. The minimum atomic E-state index is 0.607. The number of hydrogen-bond donors (Lipinski definition) is 0. The van der Waals surface area contributed by atoms with Crippen molar-refractivity contribution in [2.24, 2.45) is 0 Å². The molecule has 0 N–H and O–H groups in total. The van der Waals surface area contributed by atoms with Crippen LogP contribution in [0.5, 0.6) is 11.5 Å². The Morgan fingerprint density at radius 3 is 1.95 bits per heavy atom. The predicted molar refractivity (Wildman–Crippen MR) is 153 cm³/mol. The number of aromatic nitrogens is 1. The summed E-state index contributed by atoms with van der Waals surface area (Å²) in [6.45, 7) is 9.08. The fourth-order valence-electron chi connectivity index (χ4n) is 4.17. The van der Waals surface area contributed by atoms with Crippen molar-refractivity contribution in [3.05, 3.63) is 42.5 Å². The Labute approximate surface area is 223 Å². The van der Waals surface area contributed by atoms with Gasteiger partial charge in [-0.25, -0.2) is 4.98 Å². The topological polar surface area (TPSA) is 54.2 Å². The second-order valence-corrected chi connectivity index (χ2v) is 10.2. The van der Waals surface area contributed by atoms with Crippen molar-refractivity contribution in [1.82, 2.24) is 19.7 Å². The van der Waals surface area contributed by atoms with Crippen molar-refractivity contribution in [2.75, 3.05) is 74.1 Å². The molecule has 3 aromatic rings. The minimum Gasteiger partial charge on any atom is -0.494 e. The minimum absolute atomic E-state index is 0.607. The molecule has 0 saturated carbocycles. The maximum atomic E-state index is 6.05. The number of hydrogen-bond acceptors (Lipinski definition) is 7. The molecule has 0 aliphatic rings. The van der Waals surface area contributed by atoms with E-state index in [2.05, 4.69) is 54.8 Å². The van der Waals surface area contributed by atoms with Gasteiger partial charge in [0.05, 0.1) is 13.2 Å². The third-order valence-corrected chi connectivity index (χ3v) is 6.41. The van der Waals surface area contributed by atoms with E-state index < -0.39 is 0 Å². The summed E-state index contributed by atoms with van der Waals surface area (Å²) >= 11 is 0. The zero-order valence-corrected chi connectivity index (χ0v) is 23.5. The lowest BCUT2D eigenvalue weighted by atomic mass is 10.2. The fraction of sp³-hybridized carbons (Fsp3) is 0.567. The molecule has 37 heavy (non-hydrogen) atoms. The second kappa shape index (κ2) is 15.6. The Kier molecular flexibility index (Phi) is 12.2. The van der Waals surface area contributed by atoms with Crippen LogP contribution < -0.4 is 9.47 Å². The molecule has 7 nitrogen and oxygen atoms in total. The Morgan fingerprint density at radius 2 is 1.30 bits per heavy atom. The zero-order chi connectivity index (χ0) is 26.5. The number of benzene rings is 2.